The molecule has 0 fully saturated rings. The number of carbonyl (C=O) groups is 4. The molecule has 0 saturated carbocycles. The van der Waals surface area contributed by atoms with Crippen molar-refractivity contribution in [1.29, 1.82) is 0 Å². The van der Waals surface area contributed by atoms with Crippen LogP contribution < -0.4 is 10.1 Å². The lowest BCUT2D eigenvalue weighted by molar-refractivity contribution is -0.385. The molecular weight excluding hydrogens is 432 g/mol. The van der Waals surface area contributed by atoms with Gasteiger partial charge in [-0.25, -0.2) is 0 Å². The molecule has 1 aliphatic rings. The van der Waals surface area contributed by atoms with E-state index in [1.54, 1.807) is 31.2 Å². The Bertz CT molecular complexity index is 1150. The van der Waals surface area contributed by atoms with E-state index in [0.29, 0.717) is 16.3 Å². The van der Waals surface area contributed by atoms with Gasteiger partial charge in [0.05, 0.1) is 24.1 Å². The molecule has 1 unspecified atom stereocenters. The highest BCUT2D eigenvalue weighted by atomic mass is 16.6. The largest absolute Gasteiger partial charge is 0.497 e. The smallest absolute Gasteiger partial charge is 0.282 e. The Balaban J connectivity index is 1.75. The summed E-state index contributed by atoms with van der Waals surface area (Å²) in [5.41, 5.74) is -0.500. The van der Waals surface area contributed by atoms with Crippen LogP contribution in [0.1, 0.15) is 34.6 Å². The van der Waals surface area contributed by atoms with Crippen molar-refractivity contribution in [2.75, 3.05) is 25.5 Å². The minimum atomic E-state index is -1.26. The SMILES string of the molecule is CCN(CC(=O)Nc1cccc(OC)c1)C(=O)C(C)N1C(=O)c2cccc([N+](=O)[O-])c2C1=O. The molecule has 1 atom stereocenters. The number of hydrogen-bond acceptors (Lipinski definition) is 7. The maximum Gasteiger partial charge on any atom is 0.282 e. The third kappa shape index (κ3) is 4.52. The molecule has 11 heteroatoms. The predicted molar refractivity (Wildman–Crippen MR) is 117 cm³/mol. The van der Waals surface area contributed by atoms with Crippen molar-refractivity contribution in [3.63, 3.8) is 0 Å². The number of ether oxygens (including phenoxy) is 1. The van der Waals surface area contributed by atoms with E-state index in [1.165, 1.54) is 31.1 Å². The highest BCUT2D eigenvalue weighted by Crippen LogP contribution is 2.32. The van der Waals surface area contributed by atoms with Crippen LogP contribution in [-0.2, 0) is 9.59 Å². The number of nitro groups is 1. The van der Waals surface area contributed by atoms with Gasteiger partial charge in [-0.2, -0.15) is 0 Å². The van der Waals surface area contributed by atoms with E-state index in [4.69, 9.17) is 4.74 Å². The first kappa shape index (κ1) is 23.4. The van der Waals surface area contributed by atoms with Crippen molar-refractivity contribution in [1.82, 2.24) is 9.80 Å². The average Bonchev–Trinajstić information content (AvgIpc) is 3.06. The van der Waals surface area contributed by atoms with E-state index in [1.807, 2.05) is 0 Å². The number of imide groups is 1. The summed E-state index contributed by atoms with van der Waals surface area (Å²) in [5.74, 6) is -2.29. The molecule has 1 N–H and O–H groups in total. The summed E-state index contributed by atoms with van der Waals surface area (Å²) in [4.78, 5) is 63.6. The first-order valence-electron chi connectivity index (χ1n) is 10.1. The van der Waals surface area contributed by atoms with Crippen LogP contribution in [0.25, 0.3) is 0 Å². The standard InChI is InChI=1S/C22H22N4O7/c1-4-24(12-18(27)23-14-7-5-8-15(11-14)33-3)20(28)13(2)25-21(29)16-9-6-10-17(26(31)32)19(16)22(25)30/h5-11,13H,4,12H2,1-3H3,(H,23,27). The van der Waals surface area contributed by atoms with Gasteiger partial charge in [-0.3, -0.25) is 34.2 Å². The summed E-state index contributed by atoms with van der Waals surface area (Å²) in [7, 11) is 1.49. The monoisotopic (exact) mass is 454 g/mol. The van der Waals surface area contributed by atoms with Gasteiger partial charge in [-0.15, -0.1) is 0 Å². The lowest BCUT2D eigenvalue weighted by Crippen LogP contribution is -2.51. The molecule has 4 amide bonds. The van der Waals surface area contributed by atoms with Crippen LogP contribution in [0.15, 0.2) is 42.5 Å². The zero-order valence-corrected chi connectivity index (χ0v) is 18.2. The molecular formula is C22H22N4O7. The Morgan fingerprint density at radius 3 is 2.52 bits per heavy atom. The Hall–Kier alpha value is -4.28. The first-order chi connectivity index (χ1) is 15.7. The highest BCUT2D eigenvalue weighted by molar-refractivity contribution is 6.24. The number of nitro benzene ring substituents is 1. The lowest BCUT2D eigenvalue weighted by Gasteiger charge is -2.28. The van der Waals surface area contributed by atoms with Crippen molar-refractivity contribution in [2.45, 2.75) is 19.9 Å². The van der Waals surface area contributed by atoms with Gasteiger partial charge in [0.25, 0.3) is 17.5 Å². The van der Waals surface area contributed by atoms with Crippen molar-refractivity contribution in [2.24, 2.45) is 0 Å². The molecule has 172 valence electrons. The summed E-state index contributed by atoms with van der Waals surface area (Å²) in [6.45, 7) is 2.81. The molecule has 2 aromatic rings. The summed E-state index contributed by atoms with van der Waals surface area (Å²) < 4.78 is 5.11. The van der Waals surface area contributed by atoms with E-state index in [-0.39, 0.29) is 24.2 Å². The third-order valence-corrected chi connectivity index (χ3v) is 5.25. The van der Waals surface area contributed by atoms with E-state index >= 15 is 0 Å². The molecule has 0 spiro atoms. The van der Waals surface area contributed by atoms with E-state index in [0.717, 1.165) is 6.07 Å². The Morgan fingerprint density at radius 2 is 1.88 bits per heavy atom. The summed E-state index contributed by atoms with van der Waals surface area (Å²) in [6.07, 6.45) is 0. The van der Waals surface area contributed by atoms with Gasteiger partial charge in [0.2, 0.25) is 11.8 Å². The van der Waals surface area contributed by atoms with Crippen LogP contribution in [0.3, 0.4) is 0 Å². The fraction of sp³-hybridized carbons (Fsp3) is 0.273. The topological polar surface area (TPSA) is 139 Å². The maximum absolute atomic E-state index is 13.1. The number of likely N-dealkylation sites (N-methyl/N-ethyl adjacent to an activating group) is 1. The van der Waals surface area contributed by atoms with Crippen LogP contribution >= 0.6 is 0 Å². The number of anilines is 1. The van der Waals surface area contributed by atoms with Gasteiger partial charge < -0.3 is 15.0 Å². The molecule has 0 saturated heterocycles. The summed E-state index contributed by atoms with van der Waals surface area (Å²) in [6, 6.07) is 9.16. The minimum Gasteiger partial charge on any atom is -0.497 e. The number of nitrogens with one attached hydrogen (secondary N) is 1. The van der Waals surface area contributed by atoms with Crippen LogP contribution in [0.2, 0.25) is 0 Å². The van der Waals surface area contributed by atoms with Gasteiger partial charge in [-0.05, 0) is 32.0 Å². The van der Waals surface area contributed by atoms with E-state index in [2.05, 4.69) is 5.32 Å². The predicted octanol–water partition coefficient (Wildman–Crippen LogP) is 2.08. The highest BCUT2D eigenvalue weighted by Gasteiger charge is 2.45. The van der Waals surface area contributed by atoms with Gasteiger partial charge in [-0.1, -0.05) is 12.1 Å². The average molecular weight is 454 g/mol. The fourth-order valence-electron chi connectivity index (χ4n) is 3.58. The Labute approximate surface area is 189 Å². The molecule has 0 aliphatic carbocycles. The number of hydrogen-bond donors (Lipinski definition) is 1. The quantitative estimate of drug-likeness (QED) is 0.366. The molecule has 0 bridgehead atoms. The van der Waals surface area contributed by atoms with Crippen molar-refractivity contribution < 1.29 is 28.8 Å². The van der Waals surface area contributed by atoms with Crippen molar-refractivity contribution in [3.8, 4) is 5.75 Å². The molecule has 33 heavy (non-hydrogen) atoms. The number of rotatable bonds is 8. The number of amides is 4. The molecule has 3 rings (SSSR count). The number of nitrogens with zero attached hydrogens (tertiary/aromatic N) is 3. The number of methoxy groups -OCH3 is 1. The third-order valence-electron chi connectivity index (χ3n) is 5.25. The van der Waals surface area contributed by atoms with E-state index in [9.17, 15) is 29.3 Å². The van der Waals surface area contributed by atoms with Crippen LogP contribution in [0.4, 0.5) is 11.4 Å². The second-order valence-corrected chi connectivity index (χ2v) is 7.25. The molecule has 1 aliphatic heterocycles. The van der Waals surface area contributed by atoms with Crippen LogP contribution in [0, 0.1) is 10.1 Å². The maximum atomic E-state index is 13.1. The van der Waals surface area contributed by atoms with Gasteiger partial charge in [0.1, 0.15) is 17.4 Å². The van der Waals surface area contributed by atoms with Gasteiger partial charge in [0.15, 0.2) is 0 Å². The Morgan fingerprint density at radius 1 is 1.18 bits per heavy atom. The number of carbonyl (C=O) groups excluding carboxylic acids is 4. The Kier molecular flexibility index (Phi) is 6.71. The van der Waals surface area contributed by atoms with Crippen molar-refractivity contribution >= 4 is 35.0 Å². The zero-order valence-electron chi connectivity index (χ0n) is 18.2. The summed E-state index contributed by atoms with van der Waals surface area (Å²) in [5, 5.41) is 13.9. The molecule has 11 nitrogen and oxygen atoms in total. The van der Waals surface area contributed by atoms with E-state index < -0.39 is 40.3 Å². The molecule has 1 heterocycles. The molecule has 0 radical (unpaired) electrons. The first-order valence-corrected chi connectivity index (χ1v) is 10.1. The van der Waals surface area contributed by atoms with Gasteiger partial charge >= 0.3 is 0 Å². The number of benzene rings is 2. The van der Waals surface area contributed by atoms with Gasteiger partial charge in [0, 0.05) is 24.4 Å². The molecule has 0 aromatic heterocycles. The summed E-state index contributed by atoms with van der Waals surface area (Å²) >= 11 is 0. The minimum absolute atomic E-state index is 0.132. The fourth-order valence-corrected chi connectivity index (χ4v) is 3.58. The zero-order chi connectivity index (χ0) is 24.3. The lowest BCUT2D eigenvalue weighted by atomic mass is 10.1. The van der Waals surface area contributed by atoms with Crippen molar-refractivity contribution in [3.05, 3.63) is 63.7 Å². The van der Waals surface area contributed by atoms with Crippen LogP contribution in [0.5, 0.6) is 5.75 Å². The second kappa shape index (κ2) is 9.47. The van der Waals surface area contributed by atoms with Crippen LogP contribution in [-0.4, -0.2) is 64.6 Å². The second-order valence-electron chi connectivity index (χ2n) is 7.25. The normalized spacial score (nSPS) is 13.4. The number of fused-ring (bicyclic) bond motifs is 1. The molecule has 2 aromatic carbocycles.